The molecule has 0 aliphatic carbocycles. The Morgan fingerprint density at radius 2 is 1.48 bits per heavy atom. The molecule has 29 heavy (non-hydrogen) atoms. The van der Waals surface area contributed by atoms with Crippen LogP contribution in [0.2, 0.25) is 0 Å². The molecule has 0 aromatic heterocycles. The van der Waals surface area contributed by atoms with Gasteiger partial charge in [-0.25, -0.2) is 0 Å². The van der Waals surface area contributed by atoms with Gasteiger partial charge in [-0.05, 0) is 70.5 Å². The van der Waals surface area contributed by atoms with Gasteiger partial charge in [-0.3, -0.25) is 0 Å². The highest BCUT2D eigenvalue weighted by Crippen LogP contribution is 2.34. The second kappa shape index (κ2) is 9.53. The summed E-state index contributed by atoms with van der Waals surface area (Å²) in [7, 11) is 0. The van der Waals surface area contributed by atoms with Crippen LogP contribution in [0.1, 0.15) is 49.3 Å². The third-order valence-corrected chi connectivity index (χ3v) is 5.28. The average molecular weight is 388 g/mol. The Hall–Kier alpha value is -2.91. The first-order chi connectivity index (χ1) is 14.0. The van der Waals surface area contributed by atoms with Crippen molar-refractivity contribution in [2.45, 2.75) is 39.0 Å². The molecule has 0 heterocycles. The summed E-state index contributed by atoms with van der Waals surface area (Å²) in [4.78, 5) is 11.3. The molecular weight excluding hydrogens is 358 g/mol. The number of carbonyl (C=O) groups excluding carboxylic acids is 1. The molecule has 3 aromatic rings. The van der Waals surface area contributed by atoms with E-state index in [0.29, 0.717) is 18.9 Å². The molecule has 0 saturated heterocycles. The number of hydrogen-bond donors (Lipinski definition) is 1. The summed E-state index contributed by atoms with van der Waals surface area (Å²) in [6.07, 6.45) is 1.42. The van der Waals surface area contributed by atoms with Gasteiger partial charge in [-0.1, -0.05) is 63.2 Å². The first kappa shape index (κ1) is 20.8. The van der Waals surface area contributed by atoms with Gasteiger partial charge >= 0.3 is 0 Å². The van der Waals surface area contributed by atoms with Crippen LogP contribution in [-0.2, 0) is 11.2 Å². The summed E-state index contributed by atoms with van der Waals surface area (Å²) < 4.78 is 5.91. The van der Waals surface area contributed by atoms with Crippen LogP contribution in [0, 0.1) is 0 Å². The zero-order valence-electron chi connectivity index (χ0n) is 17.4. The molecule has 0 radical (unpaired) electrons. The van der Waals surface area contributed by atoms with Crippen molar-refractivity contribution in [3.05, 3.63) is 83.4 Å². The van der Waals surface area contributed by atoms with Crippen LogP contribution in [0.15, 0.2) is 66.7 Å². The minimum absolute atomic E-state index is 0.197. The maximum absolute atomic E-state index is 11.3. The number of para-hydroxylation sites is 1. The molecule has 1 unspecified atom stereocenters. The predicted octanol–water partition coefficient (Wildman–Crippen LogP) is 6.07. The fourth-order valence-electron chi connectivity index (χ4n) is 3.63. The number of rotatable bonds is 8. The molecule has 3 aromatic carbocycles. The standard InChI is InChI=1S/C26H29NO2/c1-18(2)25-15-21(16-26(19(3)17-27)24(25)13-14-28)20-9-11-23(12-10-20)29-22-7-5-4-6-8-22/h4-12,14-16,18-19H,13,17,27H2,1-3H3. The topological polar surface area (TPSA) is 52.3 Å². The molecule has 0 fully saturated rings. The fourth-order valence-corrected chi connectivity index (χ4v) is 3.63. The van der Waals surface area contributed by atoms with Gasteiger partial charge in [0.2, 0.25) is 0 Å². The lowest BCUT2D eigenvalue weighted by Crippen LogP contribution is -2.13. The van der Waals surface area contributed by atoms with Crippen molar-refractivity contribution in [3.8, 4) is 22.6 Å². The maximum atomic E-state index is 11.3. The molecule has 0 aliphatic rings. The van der Waals surface area contributed by atoms with Crippen LogP contribution in [0.5, 0.6) is 11.5 Å². The summed E-state index contributed by atoms with van der Waals surface area (Å²) in [5, 5.41) is 0. The van der Waals surface area contributed by atoms with Crippen molar-refractivity contribution in [2.75, 3.05) is 6.54 Å². The van der Waals surface area contributed by atoms with Crippen molar-refractivity contribution >= 4 is 6.29 Å². The number of aldehydes is 1. The quantitative estimate of drug-likeness (QED) is 0.477. The first-order valence-corrected chi connectivity index (χ1v) is 10.2. The van der Waals surface area contributed by atoms with E-state index in [-0.39, 0.29) is 5.92 Å². The van der Waals surface area contributed by atoms with E-state index in [1.807, 2.05) is 42.5 Å². The van der Waals surface area contributed by atoms with Gasteiger partial charge in [0.25, 0.3) is 0 Å². The van der Waals surface area contributed by atoms with Crippen molar-refractivity contribution < 1.29 is 9.53 Å². The molecule has 0 amide bonds. The maximum Gasteiger partial charge on any atom is 0.127 e. The monoisotopic (exact) mass is 387 g/mol. The van der Waals surface area contributed by atoms with E-state index in [0.717, 1.165) is 34.5 Å². The molecule has 150 valence electrons. The SMILES string of the molecule is CC(C)c1cc(-c2ccc(Oc3ccccc3)cc2)cc(C(C)CN)c1CC=O. The van der Waals surface area contributed by atoms with Crippen LogP contribution in [0.3, 0.4) is 0 Å². The van der Waals surface area contributed by atoms with E-state index in [1.54, 1.807) is 0 Å². The largest absolute Gasteiger partial charge is 0.457 e. The van der Waals surface area contributed by atoms with E-state index >= 15 is 0 Å². The van der Waals surface area contributed by atoms with Gasteiger partial charge in [0.1, 0.15) is 17.8 Å². The zero-order chi connectivity index (χ0) is 20.8. The third kappa shape index (κ3) is 4.93. The molecule has 0 bridgehead atoms. The van der Waals surface area contributed by atoms with E-state index in [1.165, 1.54) is 11.1 Å². The Balaban J connectivity index is 1.99. The van der Waals surface area contributed by atoms with Gasteiger partial charge in [0.05, 0.1) is 0 Å². The Kier molecular flexibility index (Phi) is 6.84. The van der Waals surface area contributed by atoms with Crippen molar-refractivity contribution in [1.29, 1.82) is 0 Å². The van der Waals surface area contributed by atoms with Gasteiger partial charge in [0, 0.05) is 6.42 Å². The van der Waals surface area contributed by atoms with E-state index < -0.39 is 0 Å². The highest BCUT2D eigenvalue weighted by atomic mass is 16.5. The second-order valence-corrected chi connectivity index (χ2v) is 7.73. The average Bonchev–Trinajstić information content (AvgIpc) is 2.74. The molecule has 1 atom stereocenters. The zero-order valence-corrected chi connectivity index (χ0v) is 17.4. The summed E-state index contributed by atoms with van der Waals surface area (Å²) in [5.74, 6) is 2.15. The minimum atomic E-state index is 0.197. The van der Waals surface area contributed by atoms with E-state index in [2.05, 4.69) is 45.0 Å². The Morgan fingerprint density at radius 1 is 0.862 bits per heavy atom. The normalized spacial score (nSPS) is 12.0. The van der Waals surface area contributed by atoms with Crippen LogP contribution in [0.25, 0.3) is 11.1 Å². The molecule has 0 spiro atoms. The number of benzene rings is 3. The predicted molar refractivity (Wildman–Crippen MR) is 120 cm³/mol. The van der Waals surface area contributed by atoms with E-state index in [9.17, 15) is 4.79 Å². The lowest BCUT2D eigenvalue weighted by Gasteiger charge is -2.22. The first-order valence-electron chi connectivity index (χ1n) is 10.2. The van der Waals surface area contributed by atoms with E-state index in [4.69, 9.17) is 10.5 Å². The summed E-state index contributed by atoms with van der Waals surface area (Å²) in [6.45, 7) is 7.01. The van der Waals surface area contributed by atoms with Crippen LogP contribution < -0.4 is 10.5 Å². The number of carbonyl (C=O) groups is 1. The number of nitrogens with two attached hydrogens (primary N) is 1. The summed E-state index contributed by atoms with van der Waals surface area (Å²) in [6, 6.07) is 22.3. The van der Waals surface area contributed by atoms with Gasteiger partial charge in [-0.15, -0.1) is 0 Å². The molecule has 0 saturated carbocycles. The molecule has 2 N–H and O–H groups in total. The Morgan fingerprint density at radius 3 is 2.07 bits per heavy atom. The molecule has 3 nitrogen and oxygen atoms in total. The Bertz CT molecular complexity index is 946. The molecule has 3 heteroatoms. The van der Waals surface area contributed by atoms with Gasteiger partial charge in [0.15, 0.2) is 0 Å². The van der Waals surface area contributed by atoms with Crippen molar-refractivity contribution in [3.63, 3.8) is 0 Å². The lowest BCUT2D eigenvalue weighted by molar-refractivity contribution is -0.107. The van der Waals surface area contributed by atoms with Crippen LogP contribution in [-0.4, -0.2) is 12.8 Å². The van der Waals surface area contributed by atoms with Crippen molar-refractivity contribution in [2.24, 2.45) is 5.73 Å². The fraction of sp³-hybridized carbons (Fsp3) is 0.269. The minimum Gasteiger partial charge on any atom is -0.457 e. The summed E-state index contributed by atoms with van der Waals surface area (Å²) in [5.41, 5.74) is 11.8. The second-order valence-electron chi connectivity index (χ2n) is 7.73. The molecule has 0 aliphatic heterocycles. The summed E-state index contributed by atoms with van der Waals surface area (Å²) >= 11 is 0. The smallest absolute Gasteiger partial charge is 0.127 e. The van der Waals surface area contributed by atoms with Crippen molar-refractivity contribution in [1.82, 2.24) is 0 Å². The highest BCUT2D eigenvalue weighted by molar-refractivity contribution is 5.70. The van der Waals surface area contributed by atoms with Crippen LogP contribution >= 0.6 is 0 Å². The third-order valence-electron chi connectivity index (χ3n) is 5.28. The number of ether oxygens (including phenoxy) is 1. The van der Waals surface area contributed by atoms with Gasteiger partial charge in [-0.2, -0.15) is 0 Å². The lowest BCUT2D eigenvalue weighted by atomic mass is 9.83. The number of hydrogen-bond acceptors (Lipinski definition) is 3. The van der Waals surface area contributed by atoms with Gasteiger partial charge < -0.3 is 15.3 Å². The molecular formula is C26H29NO2. The highest BCUT2D eigenvalue weighted by Gasteiger charge is 2.17. The Labute approximate surface area is 173 Å². The molecule has 3 rings (SSSR count). The van der Waals surface area contributed by atoms with Crippen LogP contribution in [0.4, 0.5) is 0 Å².